The van der Waals surface area contributed by atoms with E-state index in [1.807, 2.05) is 0 Å². The largest absolute Gasteiger partial charge is 0.480 e. The van der Waals surface area contributed by atoms with E-state index in [0.29, 0.717) is 0 Å². The number of hydrogen-bond acceptors (Lipinski definition) is 3. The number of aliphatic hydroxyl groups excluding tert-OH is 1. The monoisotopic (exact) mass is 174 g/mol. The fraction of sp³-hybridized carbons (Fsp3) is 0.875. The van der Waals surface area contributed by atoms with Crippen molar-refractivity contribution in [1.82, 2.24) is 0 Å². The van der Waals surface area contributed by atoms with Gasteiger partial charge in [-0.05, 0) is 25.7 Å². The van der Waals surface area contributed by atoms with Crippen molar-refractivity contribution in [2.24, 2.45) is 0 Å². The normalized spacial score (nSPS) is 30.1. The topological polar surface area (TPSA) is 66.8 Å². The number of carboxylic acid groups (broad SMARTS) is 1. The predicted octanol–water partition coefficient (Wildman–Crippen LogP) is 0.391. The summed E-state index contributed by atoms with van der Waals surface area (Å²) in [5, 5.41) is 17.5. The van der Waals surface area contributed by atoms with E-state index in [4.69, 9.17) is 14.9 Å². The van der Waals surface area contributed by atoms with Crippen molar-refractivity contribution in [2.75, 3.05) is 6.61 Å². The lowest BCUT2D eigenvalue weighted by atomic mass is 9.95. The SMILES string of the molecule is O=C(O)COC1CCC(O)CC1. The number of aliphatic hydroxyl groups is 1. The number of carbonyl (C=O) groups is 1. The molecular formula is C8H14O4. The Morgan fingerprint density at radius 2 is 1.92 bits per heavy atom. The first-order chi connectivity index (χ1) is 5.68. The Morgan fingerprint density at radius 3 is 2.42 bits per heavy atom. The fourth-order valence-electron chi connectivity index (χ4n) is 1.40. The Morgan fingerprint density at radius 1 is 1.33 bits per heavy atom. The highest BCUT2D eigenvalue weighted by molar-refractivity contribution is 5.68. The van der Waals surface area contributed by atoms with Crippen LogP contribution < -0.4 is 0 Å². The lowest BCUT2D eigenvalue weighted by molar-refractivity contribution is -0.145. The zero-order chi connectivity index (χ0) is 8.97. The maximum Gasteiger partial charge on any atom is 0.329 e. The first-order valence-corrected chi connectivity index (χ1v) is 4.20. The maximum absolute atomic E-state index is 10.1. The summed E-state index contributed by atoms with van der Waals surface area (Å²) < 4.78 is 5.08. The van der Waals surface area contributed by atoms with Crippen LogP contribution in [-0.2, 0) is 9.53 Å². The summed E-state index contributed by atoms with van der Waals surface area (Å²) in [6.45, 7) is -0.221. The molecule has 2 N–H and O–H groups in total. The third-order valence-corrected chi connectivity index (χ3v) is 2.09. The molecule has 0 amide bonds. The van der Waals surface area contributed by atoms with Crippen LogP contribution in [0.4, 0.5) is 0 Å². The second-order valence-corrected chi connectivity index (χ2v) is 3.14. The molecule has 12 heavy (non-hydrogen) atoms. The van der Waals surface area contributed by atoms with Crippen molar-refractivity contribution >= 4 is 5.97 Å². The van der Waals surface area contributed by atoms with Crippen molar-refractivity contribution in [2.45, 2.75) is 37.9 Å². The molecule has 1 fully saturated rings. The Hall–Kier alpha value is -0.610. The van der Waals surface area contributed by atoms with Gasteiger partial charge in [0.2, 0.25) is 0 Å². The van der Waals surface area contributed by atoms with Crippen LogP contribution in [0.1, 0.15) is 25.7 Å². The highest BCUT2D eigenvalue weighted by Crippen LogP contribution is 2.20. The molecule has 0 bridgehead atoms. The number of aliphatic carboxylic acids is 1. The third-order valence-electron chi connectivity index (χ3n) is 2.09. The van der Waals surface area contributed by atoms with Gasteiger partial charge in [-0.15, -0.1) is 0 Å². The van der Waals surface area contributed by atoms with Gasteiger partial charge in [0, 0.05) is 0 Å². The van der Waals surface area contributed by atoms with E-state index in [2.05, 4.69) is 0 Å². The third kappa shape index (κ3) is 3.19. The van der Waals surface area contributed by atoms with Gasteiger partial charge >= 0.3 is 5.97 Å². The van der Waals surface area contributed by atoms with Crippen LogP contribution in [0.2, 0.25) is 0 Å². The molecule has 0 heterocycles. The molecule has 4 heteroatoms. The van der Waals surface area contributed by atoms with Crippen LogP contribution in [0, 0.1) is 0 Å². The minimum Gasteiger partial charge on any atom is -0.480 e. The first-order valence-electron chi connectivity index (χ1n) is 4.20. The molecule has 4 nitrogen and oxygen atoms in total. The van der Waals surface area contributed by atoms with Crippen molar-refractivity contribution in [1.29, 1.82) is 0 Å². The van der Waals surface area contributed by atoms with Gasteiger partial charge in [-0.2, -0.15) is 0 Å². The summed E-state index contributed by atoms with van der Waals surface area (Å²) in [7, 11) is 0. The van der Waals surface area contributed by atoms with Crippen LogP contribution in [0.5, 0.6) is 0 Å². The fourth-order valence-corrected chi connectivity index (χ4v) is 1.40. The van der Waals surface area contributed by atoms with Crippen molar-refractivity contribution in [3.63, 3.8) is 0 Å². The van der Waals surface area contributed by atoms with Gasteiger partial charge in [-0.3, -0.25) is 0 Å². The lowest BCUT2D eigenvalue weighted by Crippen LogP contribution is -2.26. The first kappa shape index (κ1) is 9.48. The van der Waals surface area contributed by atoms with Gasteiger partial charge in [-0.25, -0.2) is 4.79 Å². The minimum absolute atomic E-state index is 0.0319. The van der Waals surface area contributed by atoms with Gasteiger partial charge in [0.15, 0.2) is 0 Å². The van der Waals surface area contributed by atoms with E-state index < -0.39 is 5.97 Å². The number of rotatable bonds is 3. The molecular weight excluding hydrogens is 160 g/mol. The smallest absolute Gasteiger partial charge is 0.329 e. The zero-order valence-electron chi connectivity index (χ0n) is 6.90. The molecule has 0 aromatic heterocycles. The van der Waals surface area contributed by atoms with Crippen LogP contribution in [-0.4, -0.2) is 35.0 Å². The molecule has 70 valence electrons. The Balaban J connectivity index is 2.13. The molecule has 0 atom stereocenters. The summed E-state index contributed by atoms with van der Waals surface area (Å²) in [5.74, 6) is -0.930. The maximum atomic E-state index is 10.1. The number of ether oxygens (including phenoxy) is 1. The molecule has 0 aromatic rings. The second kappa shape index (κ2) is 4.42. The van der Waals surface area contributed by atoms with Gasteiger partial charge in [0.1, 0.15) is 6.61 Å². The van der Waals surface area contributed by atoms with E-state index in [1.54, 1.807) is 0 Å². The quantitative estimate of drug-likeness (QED) is 0.649. The van der Waals surface area contributed by atoms with Crippen LogP contribution >= 0.6 is 0 Å². The molecule has 0 radical (unpaired) electrons. The van der Waals surface area contributed by atoms with E-state index in [0.717, 1.165) is 25.7 Å². The van der Waals surface area contributed by atoms with Gasteiger partial charge in [-0.1, -0.05) is 0 Å². The van der Waals surface area contributed by atoms with E-state index in [1.165, 1.54) is 0 Å². The molecule has 0 aromatic carbocycles. The molecule has 0 saturated heterocycles. The Kier molecular flexibility index (Phi) is 3.49. The van der Waals surface area contributed by atoms with Crippen molar-refractivity contribution < 1.29 is 19.7 Å². The van der Waals surface area contributed by atoms with Crippen molar-refractivity contribution in [3.8, 4) is 0 Å². The van der Waals surface area contributed by atoms with Crippen LogP contribution in [0.15, 0.2) is 0 Å². The molecule has 0 aliphatic heterocycles. The summed E-state index contributed by atoms with van der Waals surface area (Å²) in [6, 6.07) is 0. The van der Waals surface area contributed by atoms with Crippen LogP contribution in [0.3, 0.4) is 0 Å². The average Bonchev–Trinajstić information content (AvgIpc) is 2.03. The number of hydrogen-bond donors (Lipinski definition) is 2. The summed E-state index contributed by atoms with van der Waals surface area (Å²) >= 11 is 0. The van der Waals surface area contributed by atoms with Gasteiger partial charge in [0.05, 0.1) is 12.2 Å². The van der Waals surface area contributed by atoms with Crippen molar-refractivity contribution in [3.05, 3.63) is 0 Å². The molecule has 0 spiro atoms. The zero-order valence-corrected chi connectivity index (χ0v) is 6.90. The minimum atomic E-state index is -0.930. The van der Waals surface area contributed by atoms with Gasteiger partial charge in [0.25, 0.3) is 0 Å². The second-order valence-electron chi connectivity index (χ2n) is 3.14. The Labute approximate surface area is 71.2 Å². The lowest BCUT2D eigenvalue weighted by Gasteiger charge is -2.24. The molecule has 1 rings (SSSR count). The highest BCUT2D eigenvalue weighted by atomic mass is 16.5. The molecule has 1 aliphatic carbocycles. The number of carboxylic acids is 1. The van der Waals surface area contributed by atoms with Crippen LogP contribution in [0.25, 0.3) is 0 Å². The summed E-state index contributed by atoms with van der Waals surface area (Å²) in [5.41, 5.74) is 0. The predicted molar refractivity (Wildman–Crippen MR) is 41.9 cm³/mol. The van der Waals surface area contributed by atoms with E-state index in [-0.39, 0.29) is 18.8 Å². The van der Waals surface area contributed by atoms with E-state index in [9.17, 15) is 4.79 Å². The van der Waals surface area contributed by atoms with E-state index >= 15 is 0 Å². The Bertz CT molecular complexity index is 149. The standard InChI is InChI=1S/C8H14O4/c9-6-1-3-7(4-2-6)12-5-8(10)11/h6-7,9H,1-5H2,(H,10,11). The van der Waals surface area contributed by atoms with Gasteiger partial charge < -0.3 is 14.9 Å². The summed E-state index contributed by atoms with van der Waals surface area (Å²) in [6.07, 6.45) is 2.82. The molecule has 0 unspecified atom stereocenters. The molecule has 1 aliphatic rings. The molecule has 1 saturated carbocycles. The summed E-state index contributed by atoms with van der Waals surface area (Å²) in [4.78, 5) is 10.1. The highest BCUT2D eigenvalue weighted by Gasteiger charge is 2.20. The average molecular weight is 174 g/mol.